The minimum Gasteiger partial charge on any atom is -0.322 e. The Morgan fingerprint density at radius 1 is 1.27 bits per heavy atom. The van der Waals surface area contributed by atoms with Gasteiger partial charge in [-0.25, -0.2) is 4.79 Å². The Morgan fingerprint density at radius 3 is 2.59 bits per heavy atom. The highest BCUT2D eigenvalue weighted by Crippen LogP contribution is 2.36. The molecule has 3 amide bonds. The topological polar surface area (TPSA) is 62.6 Å². The summed E-state index contributed by atoms with van der Waals surface area (Å²) < 4.78 is 0. The Balaban J connectivity index is 1.87. The number of carbonyl (C=O) groups is 2. The lowest BCUT2D eigenvalue weighted by molar-refractivity contribution is -0.129. The highest BCUT2D eigenvalue weighted by molar-refractivity contribution is 6.01. The first-order valence-electron chi connectivity index (χ1n) is 7.97. The Labute approximate surface area is 131 Å². The molecule has 0 unspecified atom stereocenters. The minimum absolute atomic E-state index is 0.0257. The largest absolute Gasteiger partial charge is 0.327 e. The summed E-state index contributed by atoms with van der Waals surface area (Å²) in [6.07, 6.45) is 2.01. The monoisotopic (exact) mass is 301 g/mol. The van der Waals surface area contributed by atoms with Crippen LogP contribution >= 0.6 is 0 Å². The molecule has 2 aliphatic heterocycles. The number of amides is 3. The summed E-state index contributed by atoms with van der Waals surface area (Å²) in [4.78, 5) is 28.4. The molecule has 22 heavy (non-hydrogen) atoms. The van der Waals surface area contributed by atoms with Crippen molar-refractivity contribution in [3.05, 3.63) is 35.9 Å². The van der Waals surface area contributed by atoms with Crippen molar-refractivity contribution in [1.82, 2.24) is 15.1 Å². The first kappa shape index (κ1) is 15.0. The van der Waals surface area contributed by atoms with E-state index in [4.69, 9.17) is 0 Å². The smallest absolute Gasteiger partial charge is 0.322 e. The predicted molar refractivity (Wildman–Crippen MR) is 84.3 cm³/mol. The van der Waals surface area contributed by atoms with E-state index in [0.29, 0.717) is 0 Å². The number of urea groups is 1. The van der Waals surface area contributed by atoms with E-state index >= 15 is 0 Å². The van der Waals surface area contributed by atoms with Crippen LogP contribution < -0.4 is 5.32 Å². The maximum atomic E-state index is 12.8. The van der Waals surface area contributed by atoms with Crippen LogP contribution in [-0.4, -0.2) is 46.9 Å². The van der Waals surface area contributed by atoms with Gasteiger partial charge in [-0.05, 0) is 18.9 Å². The number of hydrogen-bond acceptors (Lipinski definition) is 3. The van der Waals surface area contributed by atoms with E-state index in [-0.39, 0.29) is 36.1 Å². The first-order valence-corrected chi connectivity index (χ1v) is 7.97. The van der Waals surface area contributed by atoms with Gasteiger partial charge >= 0.3 is 6.03 Å². The highest BCUT2D eigenvalue weighted by Gasteiger charge is 2.52. The second-order valence-electron chi connectivity index (χ2n) is 6.24. The fraction of sp³-hybridized carbons (Fsp3) is 0.529. The summed E-state index contributed by atoms with van der Waals surface area (Å²) >= 11 is 0. The van der Waals surface area contributed by atoms with Gasteiger partial charge in [-0.3, -0.25) is 15.0 Å². The number of carbonyl (C=O) groups excluding carboxylic acids is 2. The standard InChI is InChI=1S/C17H23N3O2/c1-4-8-13-14(18-13)16(21)20-15(11(2)19(3)17(20)22)12-9-6-5-7-10-12/h5-7,9-11,13-15,18H,4,8H2,1-3H3/t11-,13-,14+,15-/m0/s1. The minimum atomic E-state index is -0.212. The molecule has 1 aromatic carbocycles. The Morgan fingerprint density at radius 2 is 1.95 bits per heavy atom. The fourth-order valence-electron chi connectivity index (χ4n) is 3.33. The molecular formula is C17H23N3O2. The van der Waals surface area contributed by atoms with Crippen molar-refractivity contribution in [2.45, 2.75) is 50.9 Å². The third kappa shape index (κ3) is 2.39. The number of likely N-dealkylation sites (N-methyl/N-ethyl adjacent to an activating group) is 1. The SMILES string of the molecule is CCC[C@@H]1N[C@H]1C(=O)N1C(=O)N(C)[C@@H](C)[C@H]1c1ccccc1. The molecule has 0 bridgehead atoms. The zero-order chi connectivity index (χ0) is 15.9. The van der Waals surface area contributed by atoms with E-state index in [9.17, 15) is 9.59 Å². The fourth-order valence-corrected chi connectivity index (χ4v) is 3.33. The molecule has 1 N–H and O–H groups in total. The van der Waals surface area contributed by atoms with Gasteiger partial charge in [-0.15, -0.1) is 0 Å². The molecule has 4 atom stereocenters. The molecule has 0 aliphatic carbocycles. The molecule has 2 aliphatic rings. The second kappa shape index (κ2) is 5.72. The van der Waals surface area contributed by atoms with Gasteiger partial charge in [0.1, 0.15) is 6.04 Å². The molecule has 1 aromatic rings. The van der Waals surface area contributed by atoms with Crippen molar-refractivity contribution in [3.8, 4) is 0 Å². The molecule has 0 radical (unpaired) electrons. The number of nitrogens with one attached hydrogen (secondary N) is 1. The van der Waals surface area contributed by atoms with Crippen LogP contribution in [0, 0.1) is 0 Å². The summed E-state index contributed by atoms with van der Waals surface area (Å²) in [5, 5.41) is 3.21. The molecule has 2 fully saturated rings. The number of benzene rings is 1. The van der Waals surface area contributed by atoms with Crippen LogP contribution in [0.15, 0.2) is 30.3 Å². The van der Waals surface area contributed by atoms with Gasteiger partial charge in [0.2, 0.25) is 5.91 Å². The van der Waals surface area contributed by atoms with Gasteiger partial charge in [-0.1, -0.05) is 43.7 Å². The Hall–Kier alpha value is -1.88. The Bertz CT molecular complexity index is 575. The first-order chi connectivity index (χ1) is 10.6. The molecule has 118 valence electrons. The Kier molecular flexibility index (Phi) is 3.91. The molecule has 5 heteroatoms. The summed E-state index contributed by atoms with van der Waals surface area (Å²) in [5.74, 6) is -0.0893. The molecule has 2 heterocycles. The van der Waals surface area contributed by atoms with Crippen molar-refractivity contribution >= 4 is 11.9 Å². The van der Waals surface area contributed by atoms with Crippen LogP contribution in [0.1, 0.15) is 38.3 Å². The molecule has 0 aromatic heterocycles. The van der Waals surface area contributed by atoms with Crippen LogP contribution in [0.5, 0.6) is 0 Å². The zero-order valence-electron chi connectivity index (χ0n) is 13.3. The molecule has 3 rings (SSSR count). The zero-order valence-corrected chi connectivity index (χ0v) is 13.3. The average molecular weight is 301 g/mol. The van der Waals surface area contributed by atoms with Gasteiger partial charge in [0.15, 0.2) is 0 Å². The van der Waals surface area contributed by atoms with E-state index in [1.165, 1.54) is 4.90 Å². The maximum Gasteiger partial charge on any atom is 0.327 e. The molecule has 5 nitrogen and oxygen atoms in total. The number of rotatable bonds is 4. The number of imide groups is 1. The summed E-state index contributed by atoms with van der Waals surface area (Å²) in [5.41, 5.74) is 1.01. The van der Waals surface area contributed by atoms with E-state index in [0.717, 1.165) is 18.4 Å². The normalized spacial score (nSPS) is 30.8. The van der Waals surface area contributed by atoms with Crippen molar-refractivity contribution in [2.75, 3.05) is 7.05 Å². The molecular weight excluding hydrogens is 278 g/mol. The van der Waals surface area contributed by atoms with Crippen LogP contribution in [-0.2, 0) is 4.79 Å². The van der Waals surface area contributed by atoms with Gasteiger partial charge in [-0.2, -0.15) is 0 Å². The lowest BCUT2D eigenvalue weighted by Gasteiger charge is -2.24. The molecule has 2 saturated heterocycles. The highest BCUT2D eigenvalue weighted by atomic mass is 16.2. The van der Waals surface area contributed by atoms with Crippen LogP contribution in [0.2, 0.25) is 0 Å². The quantitative estimate of drug-likeness (QED) is 0.867. The van der Waals surface area contributed by atoms with Crippen LogP contribution in [0.25, 0.3) is 0 Å². The predicted octanol–water partition coefficient (Wildman–Crippen LogP) is 2.15. The van der Waals surface area contributed by atoms with E-state index in [2.05, 4.69) is 12.2 Å². The number of nitrogens with zero attached hydrogens (tertiary/aromatic N) is 2. The van der Waals surface area contributed by atoms with Crippen molar-refractivity contribution in [1.29, 1.82) is 0 Å². The lowest BCUT2D eigenvalue weighted by atomic mass is 10.00. The summed E-state index contributed by atoms with van der Waals surface area (Å²) in [6, 6.07) is 9.40. The van der Waals surface area contributed by atoms with Gasteiger partial charge in [0.25, 0.3) is 0 Å². The van der Waals surface area contributed by atoms with Gasteiger partial charge < -0.3 is 4.90 Å². The van der Waals surface area contributed by atoms with Crippen LogP contribution in [0.4, 0.5) is 4.79 Å². The lowest BCUT2D eigenvalue weighted by Crippen LogP contribution is -2.40. The summed E-state index contributed by atoms with van der Waals surface area (Å²) in [6.45, 7) is 4.10. The van der Waals surface area contributed by atoms with Crippen molar-refractivity contribution in [3.63, 3.8) is 0 Å². The molecule has 0 spiro atoms. The van der Waals surface area contributed by atoms with E-state index in [1.807, 2.05) is 37.3 Å². The van der Waals surface area contributed by atoms with Gasteiger partial charge in [0, 0.05) is 13.1 Å². The molecule has 0 saturated carbocycles. The second-order valence-corrected chi connectivity index (χ2v) is 6.24. The number of hydrogen-bond donors (Lipinski definition) is 1. The van der Waals surface area contributed by atoms with Crippen molar-refractivity contribution in [2.24, 2.45) is 0 Å². The summed E-state index contributed by atoms with van der Waals surface area (Å²) in [7, 11) is 1.76. The van der Waals surface area contributed by atoms with E-state index in [1.54, 1.807) is 11.9 Å². The van der Waals surface area contributed by atoms with Crippen LogP contribution in [0.3, 0.4) is 0 Å². The third-order valence-corrected chi connectivity index (χ3v) is 4.78. The van der Waals surface area contributed by atoms with E-state index < -0.39 is 0 Å². The van der Waals surface area contributed by atoms with Gasteiger partial charge in [0.05, 0.1) is 12.1 Å². The van der Waals surface area contributed by atoms with Crippen molar-refractivity contribution < 1.29 is 9.59 Å². The average Bonchev–Trinajstić information content (AvgIpc) is 3.26. The maximum absolute atomic E-state index is 12.8. The third-order valence-electron chi connectivity index (χ3n) is 4.78.